The number of aromatic nitrogens is 2. The average Bonchev–Trinajstić information content (AvgIpc) is 2.63. The SMILES string of the molecule is CCNc1cc(C)nc(N2CCN(C(=O)c3ccc(C)c(C)c3)CC2)n1. The van der Waals surface area contributed by atoms with Crippen LogP contribution in [0.4, 0.5) is 11.8 Å². The van der Waals surface area contributed by atoms with Crippen LogP contribution in [-0.2, 0) is 0 Å². The fourth-order valence-electron chi connectivity index (χ4n) is 3.13. The van der Waals surface area contributed by atoms with Crippen molar-refractivity contribution >= 4 is 17.7 Å². The third kappa shape index (κ3) is 3.95. The first-order chi connectivity index (χ1) is 12.5. The second-order valence-electron chi connectivity index (χ2n) is 6.80. The van der Waals surface area contributed by atoms with Crippen LogP contribution in [0.5, 0.6) is 0 Å². The van der Waals surface area contributed by atoms with Crippen LogP contribution >= 0.6 is 0 Å². The predicted molar refractivity (Wildman–Crippen MR) is 105 cm³/mol. The van der Waals surface area contributed by atoms with Crippen LogP contribution in [-0.4, -0.2) is 53.5 Å². The normalized spacial score (nSPS) is 14.5. The summed E-state index contributed by atoms with van der Waals surface area (Å²) < 4.78 is 0. The zero-order chi connectivity index (χ0) is 18.7. The number of hydrogen-bond donors (Lipinski definition) is 1. The number of carbonyl (C=O) groups is 1. The fourth-order valence-corrected chi connectivity index (χ4v) is 3.13. The van der Waals surface area contributed by atoms with Crippen LogP contribution in [0.2, 0.25) is 0 Å². The molecule has 1 amide bonds. The van der Waals surface area contributed by atoms with E-state index < -0.39 is 0 Å². The van der Waals surface area contributed by atoms with Gasteiger partial charge in [0.2, 0.25) is 5.95 Å². The summed E-state index contributed by atoms with van der Waals surface area (Å²) in [7, 11) is 0. The molecule has 0 spiro atoms. The number of nitrogens with one attached hydrogen (secondary N) is 1. The van der Waals surface area contributed by atoms with Crippen molar-refractivity contribution in [1.82, 2.24) is 14.9 Å². The Morgan fingerprint density at radius 2 is 1.77 bits per heavy atom. The molecule has 6 heteroatoms. The maximum atomic E-state index is 12.8. The van der Waals surface area contributed by atoms with Gasteiger partial charge >= 0.3 is 0 Å². The van der Waals surface area contributed by atoms with E-state index in [1.807, 2.05) is 49.9 Å². The summed E-state index contributed by atoms with van der Waals surface area (Å²) in [6.45, 7) is 11.8. The molecule has 3 rings (SSSR count). The molecule has 1 aliphatic rings. The standard InChI is InChI=1S/C20H27N5O/c1-5-21-18-13-16(4)22-20(23-18)25-10-8-24(9-11-25)19(26)17-7-6-14(2)15(3)12-17/h6-7,12-13H,5,8-11H2,1-4H3,(H,21,22,23). The first-order valence-electron chi connectivity index (χ1n) is 9.19. The number of amides is 1. The van der Waals surface area contributed by atoms with Crippen molar-refractivity contribution in [1.29, 1.82) is 0 Å². The minimum Gasteiger partial charge on any atom is -0.370 e. The Kier molecular flexibility index (Phi) is 5.40. The van der Waals surface area contributed by atoms with Gasteiger partial charge in [-0.25, -0.2) is 4.98 Å². The van der Waals surface area contributed by atoms with Gasteiger partial charge in [-0.2, -0.15) is 4.98 Å². The Bertz CT molecular complexity index is 797. The number of benzene rings is 1. The molecule has 0 unspecified atom stereocenters. The molecular weight excluding hydrogens is 326 g/mol. The lowest BCUT2D eigenvalue weighted by Crippen LogP contribution is -2.49. The summed E-state index contributed by atoms with van der Waals surface area (Å²) in [5.41, 5.74) is 4.07. The Morgan fingerprint density at radius 3 is 2.42 bits per heavy atom. The van der Waals surface area contributed by atoms with E-state index in [9.17, 15) is 4.79 Å². The average molecular weight is 353 g/mol. The second kappa shape index (κ2) is 7.72. The van der Waals surface area contributed by atoms with Crippen LogP contribution in [0, 0.1) is 20.8 Å². The number of nitrogens with zero attached hydrogens (tertiary/aromatic N) is 4. The number of piperazine rings is 1. The van der Waals surface area contributed by atoms with Gasteiger partial charge in [-0.1, -0.05) is 6.07 Å². The lowest BCUT2D eigenvalue weighted by molar-refractivity contribution is 0.0746. The molecule has 2 aromatic rings. The molecule has 1 N–H and O–H groups in total. The van der Waals surface area contributed by atoms with E-state index >= 15 is 0 Å². The molecule has 0 saturated carbocycles. The molecule has 26 heavy (non-hydrogen) atoms. The molecule has 1 aromatic heterocycles. The minimum absolute atomic E-state index is 0.103. The topological polar surface area (TPSA) is 61.4 Å². The first kappa shape index (κ1) is 18.2. The summed E-state index contributed by atoms with van der Waals surface area (Å²) >= 11 is 0. The molecule has 1 fully saturated rings. The highest BCUT2D eigenvalue weighted by Gasteiger charge is 2.24. The minimum atomic E-state index is 0.103. The van der Waals surface area contributed by atoms with Gasteiger partial charge < -0.3 is 15.1 Å². The lowest BCUT2D eigenvalue weighted by atomic mass is 10.1. The molecule has 0 radical (unpaired) electrons. The summed E-state index contributed by atoms with van der Waals surface area (Å²) in [5.74, 6) is 1.69. The van der Waals surface area contributed by atoms with Gasteiger partial charge in [-0.15, -0.1) is 0 Å². The first-order valence-corrected chi connectivity index (χ1v) is 9.19. The summed E-state index contributed by atoms with van der Waals surface area (Å²) in [5, 5.41) is 3.24. The summed E-state index contributed by atoms with van der Waals surface area (Å²) in [6, 6.07) is 7.87. The van der Waals surface area contributed by atoms with Gasteiger partial charge in [0.15, 0.2) is 0 Å². The van der Waals surface area contributed by atoms with Crippen LogP contribution < -0.4 is 10.2 Å². The van der Waals surface area contributed by atoms with E-state index in [4.69, 9.17) is 0 Å². The van der Waals surface area contributed by atoms with Gasteiger partial charge in [-0.3, -0.25) is 4.79 Å². The molecule has 1 aliphatic heterocycles. The molecule has 1 aromatic carbocycles. The van der Waals surface area contributed by atoms with E-state index in [0.717, 1.165) is 48.2 Å². The Balaban J connectivity index is 1.67. The Morgan fingerprint density at radius 1 is 1.04 bits per heavy atom. The number of carbonyl (C=O) groups excluding carboxylic acids is 1. The number of rotatable bonds is 4. The van der Waals surface area contributed by atoms with E-state index in [1.54, 1.807) is 0 Å². The monoisotopic (exact) mass is 353 g/mol. The summed E-state index contributed by atoms with van der Waals surface area (Å²) in [6.07, 6.45) is 0. The Labute approximate surface area is 155 Å². The van der Waals surface area contributed by atoms with Crippen molar-refractivity contribution in [2.45, 2.75) is 27.7 Å². The van der Waals surface area contributed by atoms with Crippen LogP contribution in [0.3, 0.4) is 0 Å². The van der Waals surface area contributed by atoms with Crippen LogP contribution in [0.25, 0.3) is 0 Å². The van der Waals surface area contributed by atoms with Crippen LogP contribution in [0.1, 0.15) is 34.1 Å². The highest BCUT2D eigenvalue weighted by atomic mass is 16.2. The predicted octanol–water partition coefficient (Wildman–Crippen LogP) is 2.80. The van der Waals surface area contributed by atoms with Gasteiger partial charge in [0, 0.05) is 50.0 Å². The quantitative estimate of drug-likeness (QED) is 0.916. The molecule has 0 atom stereocenters. The number of hydrogen-bond acceptors (Lipinski definition) is 5. The third-order valence-corrected chi connectivity index (χ3v) is 4.80. The van der Waals surface area contributed by atoms with Gasteiger partial charge in [0.1, 0.15) is 5.82 Å². The zero-order valence-electron chi connectivity index (χ0n) is 16.0. The third-order valence-electron chi connectivity index (χ3n) is 4.80. The van der Waals surface area contributed by atoms with Crippen LogP contribution in [0.15, 0.2) is 24.3 Å². The van der Waals surface area contributed by atoms with Crippen molar-refractivity contribution in [3.05, 3.63) is 46.6 Å². The summed E-state index contributed by atoms with van der Waals surface area (Å²) in [4.78, 5) is 26.0. The largest absolute Gasteiger partial charge is 0.370 e. The zero-order valence-corrected chi connectivity index (χ0v) is 16.0. The smallest absolute Gasteiger partial charge is 0.253 e. The molecule has 1 saturated heterocycles. The highest BCUT2D eigenvalue weighted by molar-refractivity contribution is 5.94. The van der Waals surface area contributed by atoms with E-state index in [1.165, 1.54) is 5.56 Å². The van der Waals surface area contributed by atoms with Gasteiger partial charge in [-0.05, 0) is 51.0 Å². The van der Waals surface area contributed by atoms with Crippen molar-refractivity contribution in [3.8, 4) is 0 Å². The van der Waals surface area contributed by atoms with Gasteiger partial charge in [0.05, 0.1) is 0 Å². The fraction of sp³-hybridized carbons (Fsp3) is 0.450. The molecule has 0 bridgehead atoms. The van der Waals surface area contributed by atoms with Crippen molar-refractivity contribution in [2.75, 3.05) is 42.9 Å². The molecule has 6 nitrogen and oxygen atoms in total. The molecule has 138 valence electrons. The molecular formula is C20H27N5O. The van der Waals surface area contributed by atoms with Crippen molar-refractivity contribution in [2.24, 2.45) is 0 Å². The number of aryl methyl sites for hydroxylation is 3. The van der Waals surface area contributed by atoms with Crippen molar-refractivity contribution in [3.63, 3.8) is 0 Å². The van der Waals surface area contributed by atoms with Gasteiger partial charge in [0.25, 0.3) is 5.91 Å². The molecule has 0 aliphatic carbocycles. The highest BCUT2D eigenvalue weighted by Crippen LogP contribution is 2.18. The molecule has 2 heterocycles. The van der Waals surface area contributed by atoms with Crippen molar-refractivity contribution < 1.29 is 4.79 Å². The lowest BCUT2D eigenvalue weighted by Gasteiger charge is -2.35. The maximum absolute atomic E-state index is 12.8. The number of anilines is 2. The second-order valence-corrected chi connectivity index (χ2v) is 6.80. The van der Waals surface area contributed by atoms with E-state index in [2.05, 4.69) is 27.1 Å². The maximum Gasteiger partial charge on any atom is 0.253 e. The Hall–Kier alpha value is -2.63. The van der Waals surface area contributed by atoms with E-state index in [0.29, 0.717) is 13.1 Å². The van der Waals surface area contributed by atoms with E-state index in [-0.39, 0.29) is 5.91 Å².